The summed E-state index contributed by atoms with van der Waals surface area (Å²) in [7, 11) is 0. The zero-order valence-corrected chi connectivity index (χ0v) is 21.0. The summed E-state index contributed by atoms with van der Waals surface area (Å²) in [6, 6.07) is 19.2. The molecule has 0 bridgehead atoms. The molecule has 1 aliphatic heterocycles. The molecule has 2 atom stereocenters. The fraction of sp³-hybridized carbons (Fsp3) is 0.333. The van der Waals surface area contributed by atoms with Gasteiger partial charge in [0.25, 0.3) is 0 Å². The number of anilines is 3. The molecule has 0 radical (unpaired) electrons. The lowest BCUT2D eigenvalue weighted by Gasteiger charge is -2.36. The molecule has 2 unspecified atom stereocenters. The summed E-state index contributed by atoms with van der Waals surface area (Å²) >= 11 is 1.47. The van der Waals surface area contributed by atoms with E-state index < -0.39 is 0 Å². The van der Waals surface area contributed by atoms with Crippen molar-refractivity contribution in [2.75, 3.05) is 42.5 Å². The molecule has 5 N–H and O–H groups in total. The lowest BCUT2D eigenvalue weighted by atomic mass is 10.1. The molecule has 8 nitrogen and oxygen atoms in total. The normalized spacial score (nSPS) is 20.7. The van der Waals surface area contributed by atoms with E-state index in [1.807, 2.05) is 36.5 Å². The van der Waals surface area contributed by atoms with Crippen LogP contribution in [-0.2, 0) is 4.74 Å². The maximum atomic E-state index is 6.52. The average Bonchev–Trinajstić information content (AvgIpc) is 3.52. The molecule has 4 aromatic rings. The minimum absolute atomic E-state index is 0.314. The molecule has 1 saturated carbocycles. The van der Waals surface area contributed by atoms with E-state index in [4.69, 9.17) is 21.2 Å². The first kappa shape index (κ1) is 23.1. The summed E-state index contributed by atoms with van der Waals surface area (Å²) in [4.78, 5) is 12.6. The second-order valence-corrected chi connectivity index (χ2v) is 10.3. The molecular weight excluding hydrogens is 470 g/mol. The Morgan fingerprint density at radius 3 is 2.58 bits per heavy atom. The van der Waals surface area contributed by atoms with Gasteiger partial charge in [-0.25, -0.2) is 9.97 Å². The van der Waals surface area contributed by atoms with Crippen molar-refractivity contribution < 1.29 is 4.74 Å². The van der Waals surface area contributed by atoms with Crippen molar-refractivity contribution in [2.24, 2.45) is 0 Å². The van der Waals surface area contributed by atoms with E-state index in [1.54, 1.807) is 0 Å². The molecule has 0 spiro atoms. The van der Waals surface area contributed by atoms with Crippen LogP contribution in [0.4, 0.5) is 17.5 Å². The van der Waals surface area contributed by atoms with Crippen LogP contribution in [0.2, 0.25) is 0 Å². The van der Waals surface area contributed by atoms with Gasteiger partial charge in [0.2, 0.25) is 5.95 Å². The second kappa shape index (κ2) is 10.0. The Morgan fingerprint density at radius 2 is 1.75 bits per heavy atom. The molecule has 36 heavy (non-hydrogen) atoms. The fourth-order valence-corrected chi connectivity index (χ4v) is 6.22. The van der Waals surface area contributed by atoms with Crippen LogP contribution in [0.1, 0.15) is 25.3 Å². The Hall–Kier alpha value is -3.27. The predicted molar refractivity (Wildman–Crippen MR) is 147 cm³/mol. The van der Waals surface area contributed by atoms with Gasteiger partial charge < -0.3 is 25.5 Å². The van der Waals surface area contributed by atoms with E-state index in [0.717, 1.165) is 65.5 Å². The molecule has 2 fully saturated rings. The van der Waals surface area contributed by atoms with Crippen molar-refractivity contribution in [3.8, 4) is 11.1 Å². The van der Waals surface area contributed by atoms with Gasteiger partial charge in [-0.1, -0.05) is 24.3 Å². The van der Waals surface area contributed by atoms with Crippen molar-refractivity contribution in [1.29, 1.82) is 0 Å². The molecule has 186 valence electrons. The molecule has 1 saturated heterocycles. The summed E-state index contributed by atoms with van der Waals surface area (Å²) in [5.41, 5.74) is 17.8. The van der Waals surface area contributed by atoms with E-state index >= 15 is 0 Å². The number of ether oxygens (including phenoxy) is 1. The number of hydrogen-bond donors (Lipinski definition) is 3. The summed E-state index contributed by atoms with van der Waals surface area (Å²) in [6.07, 6.45) is 5.32. The standard InChI is InChI=1S/C27H31N7OS/c28-26-25(36-32-20-5-2-1-3-6-20)16-19(17-30-26)18-9-10-21-24(15-18)34(27(29)31-21)23-8-4-7-22(23)33-11-13-35-14-12-33/h1-3,5-6,9-10,15-17,22-23,32H,4,7-8,11-14H2,(H2,28,30)(H2,29,31). The fourth-order valence-electron chi connectivity index (χ4n) is 5.51. The average molecular weight is 502 g/mol. The second-order valence-electron chi connectivity index (χ2n) is 9.43. The third-order valence-electron chi connectivity index (χ3n) is 7.27. The minimum Gasteiger partial charge on any atom is -0.383 e. The molecule has 0 amide bonds. The van der Waals surface area contributed by atoms with Crippen LogP contribution in [-0.4, -0.2) is 51.8 Å². The van der Waals surface area contributed by atoms with Crippen molar-refractivity contribution in [3.05, 3.63) is 60.8 Å². The SMILES string of the molecule is Nc1ncc(-c2ccc3nc(N)n(C4CCCC4N4CCOCC4)c3c2)cc1SNc1ccccc1. The van der Waals surface area contributed by atoms with Gasteiger partial charge in [0.05, 0.1) is 35.2 Å². The molecule has 2 aromatic carbocycles. The number of aromatic nitrogens is 3. The number of rotatable bonds is 6. The Balaban J connectivity index is 1.32. The largest absolute Gasteiger partial charge is 0.383 e. The van der Waals surface area contributed by atoms with Crippen LogP contribution in [0.25, 0.3) is 22.2 Å². The van der Waals surface area contributed by atoms with Crippen molar-refractivity contribution in [1.82, 2.24) is 19.4 Å². The summed E-state index contributed by atoms with van der Waals surface area (Å²) in [5.74, 6) is 1.09. The molecular formula is C27H31N7OS. The molecule has 2 aliphatic rings. The first-order valence-corrected chi connectivity index (χ1v) is 13.3. The summed E-state index contributed by atoms with van der Waals surface area (Å²) in [5, 5.41) is 0. The van der Waals surface area contributed by atoms with E-state index in [-0.39, 0.29) is 0 Å². The Kier molecular flexibility index (Phi) is 6.43. The molecule has 2 aromatic heterocycles. The third-order valence-corrected chi connectivity index (χ3v) is 8.16. The number of fused-ring (bicyclic) bond motifs is 1. The topological polar surface area (TPSA) is 107 Å². The summed E-state index contributed by atoms with van der Waals surface area (Å²) < 4.78 is 11.2. The first-order valence-electron chi connectivity index (χ1n) is 12.5. The number of morpholine rings is 1. The third kappa shape index (κ3) is 4.50. The van der Waals surface area contributed by atoms with Gasteiger partial charge in [-0.3, -0.25) is 4.90 Å². The number of nitrogens with two attached hydrogens (primary N) is 2. The van der Waals surface area contributed by atoms with E-state index in [0.29, 0.717) is 23.8 Å². The van der Waals surface area contributed by atoms with Crippen LogP contribution >= 0.6 is 11.9 Å². The highest BCUT2D eigenvalue weighted by molar-refractivity contribution is 8.00. The van der Waals surface area contributed by atoms with E-state index in [9.17, 15) is 0 Å². The number of nitrogen functional groups attached to an aromatic ring is 2. The number of benzene rings is 2. The Labute approximate surface area is 215 Å². The zero-order chi connectivity index (χ0) is 24.5. The number of para-hydroxylation sites is 1. The van der Waals surface area contributed by atoms with Crippen LogP contribution in [0.5, 0.6) is 0 Å². The lowest BCUT2D eigenvalue weighted by molar-refractivity contribution is 0.0100. The van der Waals surface area contributed by atoms with Gasteiger partial charge in [-0.05, 0) is 67.1 Å². The van der Waals surface area contributed by atoms with Crippen LogP contribution in [0.3, 0.4) is 0 Å². The quantitative estimate of drug-likeness (QED) is 0.323. The molecule has 6 rings (SSSR count). The van der Waals surface area contributed by atoms with Gasteiger partial charge in [-0.2, -0.15) is 0 Å². The van der Waals surface area contributed by atoms with Gasteiger partial charge in [-0.15, -0.1) is 0 Å². The molecule has 1 aliphatic carbocycles. The number of nitrogens with one attached hydrogen (secondary N) is 1. The van der Waals surface area contributed by atoms with Crippen LogP contribution in [0.15, 0.2) is 65.7 Å². The van der Waals surface area contributed by atoms with Gasteiger partial charge >= 0.3 is 0 Å². The molecule has 3 heterocycles. The Bertz CT molecular complexity index is 1350. The first-order chi connectivity index (χ1) is 17.7. The number of hydrogen-bond acceptors (Lipinski definition) is 8. The highest BCUT2D eigenvalue weighted by atomic mass is 32.2. The monoisotopic (exact) mass is 501 g/mol. The highest BCUT2D eigenvalue weighted by Gasteiger charge is 2.35. The highest BCUT2D eigenvalue weighted by Crippen LogP contribution is 2.39. The maximum absolute atomic E-state index is 6.52. The van der Waals surface area contributed by atoms with Gasteiger partial charge in [0.15, 0.2) is 0 Å². The minimum atomic E-state index is 0.314. The Morgan fingerprint density at radius 1 is 0.944 bits per heavy atom. The van der Waals surface area contributed by atoms with Crippen LogP contribution in [0, 0.1) is 0 Å². The van der Waals surface area contributed by atoms with Gasteiger partial charge in [0, 0.05) is 36.6 Å². The number of pyridine rings is 1. The van der Waals surface area contributed by atoms with Crippen molar-refractivity contribution in [2.45, 2.75) is 36.2 Å². The van der Waals surface area contributed by atoms with E-state index in [1.165, 1.54) is 24.8 Å². The summed E-state index contributed by atoms with van der Waals surface area (Å²) in [6.45, 7) is 3.56. The van der Waals surface area contributed by atoms with Crippen molar-refractivity contribution >= 4 is 40.4 Å². The van der Waals surface area contributed by atoms with Crippen molar-refractivity contribution in [3.63, 3.8) is 0 Å². The van der Waals surface area contributed by atoms with E-state index in [2.05, 4.69) is 43.4 Å². The lowest BCUT2D eigenvalue weighted by Crippen LogP contribution is -2.45. The number of imidazole rings is 1. The number of nitrogens with zero attached hydrogens (tertiary/aromatic N) is 4. The zero-order valence-electron chi connectivity index (χ0n) is 20.1. The van der Waals surface area contributed by atoms with Crippen LogP contribution < -0.4 is 16.2 Å². The predicted octanol–water partition coefficient (Wildman–Crippen LogP) is 4.81. The smallest absolute Gasteiger partial charge is 0.201 e. The maximum Gasteiger partial charge on any atom is 0.201 e. The molecule has 9 heteroatoms. The van der Waals surface area contributed by atoms with Gasteiger partial charge in [0.1, 0.15) is 5.82 Å².